The summed E-state index contributed by atoms with van der Waals surface area (Å²) in [4.78, 5) is 41.1. The van der Waals surface area contributed by atoms with E-state index in [0.29, 0.717) is 61.6 Å². The maximum absolute atomic E-state index is 14.8. The van der Waals surface area contributed by atoms with E-state index in [-0.39, 0.29) is 24.7 Å². The standard InChI is InChI=1S/C32H44F3N7O4/c1-6-28(36)40-30(43)41-10-7-20(8-11-41)19(2)9-12-45-21-15-37-29(38-16-21)42-17-23(22-13-25(34)26(35)14-24(22)33)27(18-42)39-31(44)46-32(3,4)5/h13-16,19-20,23,27H,6-12,17-18H2,1-5H3,(H,39,44)(H2,36,40,43). The van der Waals surface area contributed by atoms with Crippen molar-refractivity contribution in [2.75, 3.05) is 37.7 Å². The molecule has 0 saturated carbocycles. The van der Waals surface area contributed by atoms with Crippen LogP contribution in [0.2, 0.25) is 0 Å². The quantitative estimate of drug-likeness (QED) is 0.210. The number of nitrogens with zero attached hydrogens (tertiary/aromatic N) is 5. The van der Waals surface area contributed by atoms with Crippen molar-refractivity contribution in [2.45, 2.75) is 77.9 Å². The number of aromatic nitrogens is 2. The Morgan fingerprint density at radius 2 is 1.74 bits per heavy atom. The van der Waals surface area contributed by atoms with Crippen molar-refractivity contribution in [2.24, 2.45) is 22.6 Å². The zero-order valence-corrected chi connectivity index (χ0v) is 27.1. The Morgan fingerprint density at radius 3 is 2.37 bits per heavy atom. The lowest BCUT2D eigenvalue weighted by atomic mass is 9.84. The molecule has 1 aromatic heterocycles. The molecule has 2 saturated heterocycles. The smallest absolute Gasteiger partial charge is 0.407 e. The molecular weight excluding hydrogens is 603 g/mol. The Hall–Kier alpha value is -4.10. The van der Waals surface area contributed by atoms with Crippen LogP contribution in [0.1, 0.15) is 71.8 Å². The van der Waals surface area contributed by atoms with Gasteiger partial charge in [-0.1, -0.05) is 13.8 Å². The third kappa shape index (κ3) is 9.23. The maximum atomic E-state index is 14.8. The number of benzene rings is 1. The van der Waals surface area contributed by atoms with E-state index in [1.807, 2.05) is 6.92 Å². The number of carbonyl (C=O) groups excluding carboxylic acids is 2. The average Bonchev–Trinajstić information content (AvgIpc) is 3.41. The maximum Gasteiger partial charge on any atom is 0.407 e. The molecule has 3 unspecified atom stereocenters. The zero-order chi connectivity index (χ0) is 33.6. The molecule has 0 spiro atoms. The van der Waals surface area contributed by atoms with Crippen LogP contribution in [0, 0.1) is 29.3 Å². The van der Waals surface area contributed by atoms with E-state index in [2.05, 4.69) is 27.2 Å². The minimum absolute atomic E-state index is 0.0662. The summed E-state index contributed by atoms with van der Waals surface area (Å²) in [5.41, 5.74) is 4.87. The molecular formula is C32H44F3N7O4. The first-order valence-electron chi connectivity index (χ1n) is 15.7. The van der Waals surface area contributed by atoms with Crippen LogP contribution < -0.4 is 20.7 Å². The monoisotopic (exact) mass is 647 g/mol. The fourth-order valence-corrected chi connectivity index (χ4v) is 5.79. The number of anilines is 1. The van der Waals surface area contributed by atoms with E-state index >= 15 is 0 Å². The second kappa shape index (κ2) is 15.0. The van der Waals surface area contributed by atoms with Crippen molar-refractivity contribution in [3.63, 3.8) is 0 Å². The van der Waals surface area contributed by atoms with E-state index in [9.17, 15) is 22.8 Å². The SMILES string of the molecule is CCC(N)=NC(=O)N1CCC(C(C)CCOc2cnc(N3CC(NC(=O)OC(C)(C)C)C(c4cc(F)c(F)cc4F)C3)nc2)CC1. The second-order valence-corrected chi connectivity index (χ2v) is 12.9. The molecule has 11 nitrogen and oxygen atoms in total. The minimum atomic E-state index is -1.29. The molecule has 0 radical (unpaired) electrons. The highest BCUT2D eigenvalue weighted by molar-refractivity contribution is 5.92. The zero-order valence-electron chi connectivity index (χ0n) is 27.1. The molecule has 3 atom stereocenters. The molecule has 0 aliphatic carbocycles. The van der Waals surface area contributed by atoms with E-state index < -0.39 is 41.1 Å². The lowest BCUT2D eigenvalue weighted by Crippen LogP contribution is -2.43. The van der Waals surface area contributed by atoms with Gasteiger partial charge >= 0.3 is 12.1 Å². The Balaban J connectivity index is 1.32. The van der Waals surface area contributed by atoms with Gasteiger partial charge in [-0.2, -0.15) is 4.99 Å². The van der Waals surface area contributed by atoms with Crippen LogP contribution in [0.4, 0.5) is 28.7 Å². The van der Waals surface area contributed by atoms with Crippen molar-refractivity contribution in [1.29, 1.82) is 0 Å². The number of halogens is 3. The van der Waals surface area contributed by atoms with E-state index in [0.717, 1.165) is 25.3 Å². The summed E-state index contributed by atoms with van der Waals surface area (Å²) in [6.45, 7) is 11.3. The van der Waals surface area contributed by atoms with Gasteiger partial charge in [-0.25, -0.2) is 32.7 Å². The number of nitrogens with two attached hydrogens (primary N) is 1. The number of alkyl carbamates (subject to hydrolysis) is 1. The fourth-order valence-electron chi connectivity index (χ4n) is 5.79. The molecule has 2 fully saturated rings. The summed E-state index contributed by atoms with van der Waals surface area (Å²) in [6.07, 6.45) is 5.51. The van der Waals surface area contributed by atoms with Gasteiger partial charge in [0.05, 0.1) is 25.0 Å². The number of piperidine rings is 1. The highest BCUT2D eigenvalue weighted by Crippen LogP contribution is 2.33. The topological polar surface area (TPSA) is 135 Å². The van der Waals surface area contributed by atoms with Crippen molar-refractivity contribution >= 4 is 23.9 Å². The van der Waals surface area contributed by atoms with Gasteiger partial charge in [0, 0.05) is 44.6 Å². The van der Waals surface area contributed by atoms with Gasteiger partial charge in [0.2, 0.25) is 5.95 Å². The van der Waals surface area contributed by atoms with Crippen LogP contribution in [-0.2, 0) is 4.74 Å². The van der Waals surface area contributed by atoms with Crippen LogP contribution in [0.5, 0.6) is 5.75 Å². The lowest BCUT2D eigenvalue weighted by Gasteiger charge is -2.34. The van der Waals surface area contributed by atoms with Gasteiger partial charge in [0.1, 0.15) is 17.3 Å². The Labute approximate surface area is 267 Å². The molecule has 1 aromatic carbocycles. The molecule has 252 valence electrons. The predicted octanol–water partition coefficient (Wildman–Crippen LogP) is 5.40. The van der Waals surface area contributed by atoms with Gasteiger partial charge in [0.25, 0.3) is 0 Å². The number of urea groups is 1. The number of carbonyl (C=O) groups is 2. The number of hydrogen-bond donors (Lipinski definition) is 2. The summed E-state index contributed by atoms with van der Waals surface area (Å²) in [5, 5.41) is 2.74. The summed E-state index contributed by atoms with van der Waals surface area (Å²) in [5.74, 6) is -2.12. The van der Waals surface area contributed by atoms with Gasteiger partial charge in [-0.15, -0.1) is 0 Å². The number of ether oxygens (including phenoxy) is 2. The number of amidine groups is 1. The normalized spacial score (nSPS) is 20.0. The first kappa shape index (κ1) is 34.8. The molecule has 2 aliphatic rings. The van der Waals surface area contributed by atoms with Crippen molar-refractivity contribution in [3.05, 3.63) is 47.5 Å². The van der Waals surface area contributed by atoms with Crippen LogP contribution in [-0.4, -0.2) is 77.3 Å². The largest absolute Gasteiger partial charge is 0.490 e. The van der Waals surface area contributed by atoms with Gasteiger partial charge in [-0.3, -0.25) is 0 Å². The van der Waals surface area contributed by atoms with E-state index in [4.69, 9.17) is 15.2 Å². The number of hydrogen-bond acceptors (Lipinski definition) is 7. The third-order valence-corrected chi connectivity index (χ3v) is 8.42. The second-order valence-electron chi connectivity index (χ2n) is 12.9. The van der Waals surface area contributed by atoms with Crippen LogP contribution in [0.15, 0.2) is 29.5 Å². The summed E-state index contributed by atoms with van der Waals surface area (Å²) < 4.78 is 53.9. The predicted molar refractivity (Wildman–Crippen MR) is 167 cm³/mol. The van der Waals surface area contributed by atoms with Gasteiger partial charge in [0.15, 0.2) is 17.4 Å². The summed E-state index contributed by atoms with van der Waals surface area (Å²) in [6, 6.07) is 0.365. The molecule has 3 amide bonds. The first-order chi connectivity index (χ1) is 21.7. The Morgan fingerprint density at radius 1 is 1.09 bits per heavy atom. The highest BCUT2D eigenvalue weighted by Gasteiger charge is 2.39. The van der Waals surface area contributed by atoms with Crippen molar-refractivity contribution in [1.82, 2.24) is 20.2 Å². The van der Waals surface area contributed by atoms with Crippen molar-refractivity contribution < 1.29 is 32.2 Å². The highest BCUT2D eigenvalue weighted by atomic mass is 19.2. The van der Waals surface area contributed by atoms with Gasteiger partial charge < -0.3 is 30.3 Å². The fraction of sp³-hybridized carbons (Fsp3) is 0.594. The molecule has 2 aliphatic heterocycles. The van der Waals surface area contributed by atoms with Crippen LogP contribution >= 0.6 is 0 Å². The van der Waals surface area contributed by atoms with Gasteiger partial charge in [-0.05, 0) is 63.5 Å². The van der Waals surface area contributed by atoms with E-state index in [1.54, 1.807) is 43.0 Å². The number of amides is 3. The molecule has 3 heterocycles. The molecule has 0 bridgehead atoms. The molecule has 3 N–H and O–H groups in total. The number of rotatable bonds is 9. The Kier molecular flexibility index (Phi) is 11.3. The van der Waals surface area contributed by atoms with Crippen LogP contribution in [0.25, 0.3) is 0 Å². The number of aliphatic imine (C=N–C) groups is 1. The number of nitrogens with one attached hydrogen (secondary N) is 1. The average molecular weight is 648 g/mol. The third-order valence-electron chi connectivity index (χ3n) is 8.42. The summed E-state index contributed by atoms with van der Waals surface area (Å²) >= 11 is 0. The minimum Gasteiger partial charge on any atom is -0.490 e. The van der Waals surface area contributed by atoms with Crippen LogP contribution in [0.3, 0.4) is 0 Å². The Bertz CT molecular complexity index is 1400. The summed E-state index contributed by atoms with van der Waals surface area (Å²) in [7, 11) is 0. The molecule has 46 heavy (non-hydrogen) atoms. The van der Waals surface area contributed by atoms with Crippen molar-refractivity contribution in [3.8, 4) is 5.75 Å². The number of likely N-dealkylation sites (tertiary alicyclic amines) is 1. The molecule has 4 rings (SSSR count). The lowest BCUT2D eigenvalue weighted by molar-refractivity contribution is 0.0504. The molecule has 14 heteroatoms. The van der Waals surface area contributed by atoms with E-state index in [1.165, 1.54) is 0 Å². The first-order valence-corrected chi connectivity index (χ1v) is 15.7. The molecule has 2 aromatic rings.